The maximum atomic E-state index is 12.2. The van der Waals surface area contributed by atoms with Crippen LogP contribution in [-0.2, 0) is 4.79 Å². The molecule has 2 heterocycles. The van der Waals surface area contributed by atoms with E-state index < -0.39 is 0 Å². The lowest BCUT2D eigenvalue weighted by Crippen LogP contribution is -2.48. The van der Waals surface area contributed by atoms with Crippen LogP contribution >= 0.6 is 24.0 Å². The van der Waals surface area contributed by atoms with Crippen LogP contribution in [-0.4, -0.2) is 73.0 Å². The van der Waals surface area contributed by atoms with Gasteiger partial charge in [0.1, 0.15) is 0 Å². The molecule has 0 bridgehead atoms. The number of aliphatic imine (C=N–C) groups is 1. The Morgan fingerprint density at radius 2 is 1.76 bits per heavy atom. The van der Waals surface area contributed by atoms with Gasteiger partial charge in [-0.05, 0) is 51.1 Å². The molecular weight excluding hydrogens is 477 g/mol. The SMILES string of the molecule is CCNC(=NCC(C(C)C)N1CCC(C)CC1)NC1CCN(C(=O)C(C)C)C1.I. The van der Waals surface area contributed by atoms with E-state index in [2.05, 4.69) is 43.2 Å². The van der Waals surface area contributed by atoms with Crippen LogP contribution in [0.4, 0.5) is 0 Å². The van der Waals surface area contributed by atoms with Crippen molar-refractivity contribution in [1.82, 2.24) is 20.4 Å². The highest BCUT2D eigenvalue weighted by Crippen LogP contribution is 2.21. The molecule has 0 spiro atoms. The van der Waals surface area contributed by atoms with Crippen LogP contribution < -0.4 is 10.6 Å². The van der Waals surface area contributed by atoms with Gasteiger partial charge in [0.2, 0.25) is 5.91 Å². The molecule has 2 rings (SSSR count). The van der Waals surface area contributed by atoms with Crippen molar-refractivity contribution in [1.29, 1.82) is 0 Å². The standard InChI is InChI=1S/C22H43N5O.HI/c1-7-23-22(25-19-10-13-27(15-19)21(28)17(4)5)24-14-20(16(2)3)26-11-8-18(6)9-12-26;/h16-20H,7-15H2,1-6H3,(H2,23,24,25);1H. The molecule has 7 heteroatoms. The average molecular weight is 522 g/mol. The summed E-state index contributed by atoms with van der Waals surface area (Å²) < 4.78 is 0. The summed E-state index contributed by atoms with van der Waals surface area (Å²) in [6, 6.07) is 0.777. The first-order chi connectivity index (χ1) is 13.3. The summed E-state index contributed by atoms with van der Waals surface area (Å²) in [5.41, 5.74) is 0. The minimum Gasteiger partial charge on any atom is -0.357 e. The summed E-state index contributed by atoms with van der Waals surface area (Å²) in [6.45, 7) is 18.7. The molecule has 170 valence electrons. The molecule has 2 saturated heterocycles. The summed E-state index contributed by atoms with van der Waals surface area (Å²) >= 11 is 0. The highest BCUT2D eigenvalue weighted by atomic mass is 127. The van der Waals surface area contributed by atoms with Crippen LogP contribution in [0.5, 0.6) is 0 Å². The predicted molar refractivity (Wildman–Crippen MR) is 133 cm³/mol. The van der Waals surface area contributed by atoms with Crippen LogP contribution in [0.3, 0.4) is 0 Å². The van der Waals surface area contributed by atoms with Crippen molar-refractivity contribution >= 4 is 35.8 Å². The van der Waals surface area contributed by atoms with Crippen LogP contribution in [0.15, 0.2) is 4.99 Å². The van der Waals surface area contributed by atoms with Crippen LogP contribution in [0.2, 0.25) is 0 Å². The van der Waals surface area contributed by atoms with E-state index in [0.717, 1.165) is 44.5 Å². The van der Waals surface area contributed by atoms with Crippen LogP contribution in [0.1, 0.15) is 60.8 Å². The second-order valence-electron chi connectivity index (χ2n) is 9.32. The highest BCUT2D eigenvalue weighted by Gasteiger charge is 2.29. The third-order valence-electron chi connectivity index (χ3n) is 6.17. The van der Waals surface area contributed by atoms with E-state index >= 15 is 0 Å². The Balaban J connectivity index is 0.00000420. The van der Waals surface area contributed by atoms with E-state index in [-0.39, 0.29) is 41.8 Å². The normalized spacial score (nSPS) is 22.7. The largest absolute Gasteiger partial charge is 0.357 e. The predicted octanol–water partition coefficient (Wildman–Crippen LogP) is 3.17. The molecule has 0 saturated carbocycles. The summed E-state index contributed by atoms with van der Waals surface area (Å²) in [5.74, 6) is 2.66. The maximum absolute atomic E-state index is 12.2. The van der Waals surface area contributed by atoms with E-state index in [1.807, 2.05) is 18.7 Å². The van der Waals surface area contributed by atoms with Crippen molar-refractivity contribution < 1.29 is 4.79 Å². The van der Waals surface area contributed by atoms with Gasteiger partial charge in [-0.15, -0.1) is 24.0 Å². The molecule has 2 aliphatic rings. The average Bonchev–Trinajstić information content (AvgIpc) is 3.10. The number of hydrogen-bond acceptors (Lipinski definition) is 3. The number of piperidine rings is 1. The zero-order valence-electron chi connectivity index (χ0n) is 19.4. The van der Waals surface area contributed by atoms with Gasteiger partial charge in [0.25, 0.3) is 0 Å². The van der Waals surface area contributed by atoms with Crippen molar-refractivity contribution in [2.45, 2.75) is 72.9 Å². The number of carbonyl (C=O) groups is 1. The van der Waals surface area contributed by atoms with E-state index in [0.29, 0.717) is 12.0 Å². The molecule has 0 aromatic carbocycles. The van der Waals surface area contributed by atoms with Gasteiger partial charge >= 0.3 is 0 Å². The fourth-order valence-electron chi connectivity index (χ4n) is 4.25. The van der Waals surface area contributed by atoms with Crippen molar-refractivity contribution in [3.8, 4) is 0 Å². The Kier molecular flexibility index (Phi) is 11.8. The van der Waals surface area contributed by atoms with Gasteiger partial charge in [-0.25, -0.2) is 0 Å². The Morgan fingerprint density at radius 1 is 1.10 bits per heavy atom. The molecular formula is C22H44IN5O. The molecule has 0 radical (unpaired) electrons. The lowest BCUT2D eigenvalue weighted by molar-refractivity contribution is -0.133. The van der Waals surface area contributed by atoms with Gasteiger partial charge in [0.05, 0.1) is 6.54 Å². The van der Waals surface area contributed by atoms with Gasteiger partial charge in [-0.2, -0.15) is 0 Å². The summed E-state index contributed by atoms with van der Waals surface area (Å²) in [6.07, 6.45) is 3.58. The molecule has 1 amide bonds. The number of nitrogens with zero attached hydrogens (tertiary/aromatic N) is 3. The quantitative estimate of drug-likeness (QED) is 0.307. The number of guanidine groups is 1. The highest BCUT2D eigenvalue weighted by molar-refractivity contribution is 14.0. The number of halogens is 1. The minimum atomic E-state index is 0. The first-order valence-electron chi connectivity index (χ1n) is 11.4. The lowest BCUT2D eigenvalue weighted by Gasteiger charge is -2.38. The Labute approximate surface area is 195 Å². The molecule has 2 N–H and O–H groups in total. The zero-order valence-corrected chi connectivity index (χ0v) is 21.7. The topological polar surface area (TPSA) is 60.0 Å². The minimum absolute atomic E-state index is 0. The van der Waals surface area contributed by atoms with Gasteiger partial charge in [0.15, 0.2) is 5.96 Å². The second-order valence-corrected chi connectivity index (χ2v) is 9.32. The van der Waals surface area contributed by atoms with E-state index in [9.17, 15) is 4.79 Å². The monoisotopic (exact) mass is 521 g/mol. The summed E-state index contributed by atoms with van der Waals surface area (Å²) in [5, 5.41) is 6.97. The Hall–Kier alpha value is -0.570. The molecule has 6 nitrogen and oxygen atoms in total. The second kappa shape index (κ2) is 13.0. The van der Waals surface area contributed by atoms with Crippen molar-refractivity contribution in [2.75, 3.05) is 39.3 Å². The molecule has 0 aromatic heterocycles. The molecule has 2 fully saturated rings. The number of rotatable bonds is 7. The van der Waals surface area contributed by atoms with Crippen molar-refractivity contribution in [3.63, 3.8) is 0 Å². The molecule has 0 aromatic rings. The number of amides is 1. The number of likely N-dealkylation sites (tertiary alicyclic amines) is 2. The Bertz CT molecular complexity index is 517. The van der Waals surface area contributed by atoms with Crippen molar-refractivity contribution in [2.24, 2.45) is 22.7 Å². The molecule has 0 aliphatic carbocycles. The van der Waals surface area contributed by atoms with Crippen LogP contribution in [0, 0.1) is 17.8 Å². The summed E-state index contributed by atoms with van der Waals surface area (Å²) in [4.78, 5) is 21.8. The van der Waals surface area contributed by atoms with E-state index in [1.165, 1.54) is 25.9 Å². The first-order valence-corrected chi connectivity index (χ1v) is 11.4. The summed E-state index contributed by atoms with van der Waals surface area (Å²) in [7, 11) is 0. The smallest absolute Gasteiger partial charge is 0.225 e. The van der Waals surface area contributed by atoms with Gasteiger partial charge in [-0.3, -0.25) is 14.7 Å². The fourth-order valence-corrected chi connectivity index (χ4v) is 4.25. The molecule has 2 unspecified atom stereocenters. The van der Waals surface area contributed by atoms with Crippen molar-refractivity contribution in [3.05, 3.63) is 0 Å². The number of nitrogens with one attached hydrogen (secondary N) is 2. The van der Waals surface area contributed by atoms with Gasteiger partial charge < -0.3 is 15.5 Å². The lowest BCUT2D eigenvalue weighted by atomic mass is 9.94. The maximum Gasteiger partial charge on any atom is 0.225 e. The third-order valence-corrected chi connectivity index (χ3v) is 6.17. The first kappa shape index (κ1) is 26.5. The van der Waals surface area contributed by atoms with Crippen LogP contribution in [0.25, 0.3) is 0 Å². The van der Waals surface area contributed by atoms with Gasteiger partial charge in [-0.1, -0.05) is 34.6 Å². The molecule has 2 atom stereocenters. The molecule has 2 aliphatic heterocycles. The van der Waals surface area contributed by atoms with Gasteiger partial charge in [0, 0.05) is 37.6 Å². The zero-order chi connectivity index (χ0) is 20.7. The fraction of sp³-hybridized carbons (Fsp3) is 0.909. The third kappa shape index (κ3) is 8.23. The number of hydrogen-bond donors (Lipinski definition) is 2. The van der Waals surface area contributed by atoms with E-state index in [1.54, 1.807) is 0 Å². The molecule has 29 heavy (non-hydrogen) atoms. The Morgan fingerprint density at radius 3 is 2.31 bits per heavy atom. The van der Waals surface area contributed by atoms with E-state index in [4.69, 9.17) is 4.99 Å². The number of carbonyl (C=O) groups excluding carboxylic acids is 1.